The summed E-state index contributed by atoms with van der Waals surface area (Å²) in [5, 5.41) is 0. The number of unbranched alkanes of at least 4 members (excludes halogenated alkanes) is 1. The first-order valence-corrected chi connectivity index (χ1v) is 5.95. The summed E-state index contributed by atoms with van der Waals surface area (Å²) in [4.78, 5) is 0. The second kappa shape index (κ2) is 5.00. The molecule has 1 atom stereocenters. The van der Waals surface area contributed by atoms with E-state index in [0.717, 1.165) is 0 Å². The molecule has 0 aliphatic heterocycles. The largest absolute Gasteiger partial charge is 0.102 e. The Morgan fingerprint density at radius 3 is 1.93 bits per heavy atom. The summed E-state index contributed by atoms with van der Waals surface area (Å²) in [5.74, 6) is 0.673. The third-order valence-corrected chi connectivity index (χ3v) is 3.73. The lowest BCUT2D eigenvalue weighted by molar-refractivity contribution is 0.0728. The monoisotopic (exact) mass is 196 g/mol. The van der Waals surface area contributed by atoms with Crippen LogP contribution in [0.1, 0.15) is 60.8 Å². The number of hydrogen-bond acceptors (Lipinski definition) is 0. The highest BCUT2D eigenvalue weighted by atomic mass is 14.4. The quantitative estimate of drug-likeness (QED) is 0.540. The Kier molecular flexibility index (Phi) is 4.91. The van der Waals surface area contributed by atoms with Crippen molar-refractivity contribution in [3.8, 4) is 0 Å². The predicted molar refractivity (Wildman–Crippen MR) is 66.4 cm³/mol. The van der Waals surface area contributed by atoms with Crippen LogP contribution >= 0.6 is 0 Å². The topological polar surface area (TPSA) is 0 Å². The van der Waals surface area contributed by atoms with Crippen molar-refractivity contribution in [3.63, 3.8) is 0 Å². The van der Waals surface area contributed by atoms with Gasteiger partial charge >= 0.3 is 0 Å². The zero-order valence-corrected chi connectivity index (χ0v) is 11.0. The third kappa shape index (κ3) is 2.62. The van der Waals surface area contributed by atoms with Crippen LogP contribution in [-0.2, 0) is 0 Å². The van der Waals surface area contributed by atoms with E-state index in [-0.39, 0.29) is 0 Å². The minimum Gasteiger partial charge on any atom is -0.102 e. The molecule has 0 aromatic carbocycles. The van der Waals surface area contributed by atoms with Crippen molar-refractivity contribution in [1.82, 2.24) is 0 Å². The van der Waals surface area contributed by atoms with Gasteiger partial charge in [-0.25, -0.2) is 0 Å². The highest BCUT2D eigenvalue weighted by Crippen LogP contribution is 2.49. The van der Waals surface area contributed by atoms with Crippen molar-refractivity contribution in [2.75, 3.05) is 0 Å². The number of hydrogen-bond donors (Lipinski definition) is 0. The van der Waals surface area contributed by atoms with Crippen LogP contribution in [0, 0.1) is 16.7 Å². The van der Waals surface area contributed by atoms with Crippen molar-refractivity contribution in [2.24, 2.45) is 16.7 Å². The summed E-state index contributed by atoms with van der Waals surface area (Å²) >= 11 is 0. The maximum atomic E-state index is 4.07. The van der Waals surface area contributed by atoms with E-state index in [2.05, 4.69) is 54.2 Å². The molecule has 0 amide bonds. The van der Waals surface area contributed by atoms with Crippen molar-refractivity contribution in [1.29, 1.82) is 0 Å². The lowest BCUT2D eigenvalue weighted by atomic mass is 9.58. The van der Waals surface area contributed by atoms with E-state index in [1.165, 1.54) is 19.3 Å². The molecule has 0 radical (unpaired) electrons. The van der Waals surface area contributed by atoms with E-state index in [9.17, 15) is 0 Å². The van der Waals surface area contributed by atoms with E-state index in [1.807, 2.05) is 0 Å². The summed E-state index contributed by atoms with van der Waals surface area (Å²) in [6.45, 7) is 18.0. The van der Waals surface area contributed by atoms with Crippen LogP contribution in [0.25, 0.3) is 0 Å². The lowest BCUT2D eigenvalue weighted by Gasteiger charge is -2.46. The van der Waals surface area contributed by atoms with E-state index in [1.54, 1.807) is 0 Å². The Balaban J connectivity index is 4.89. The molecule has 1 unspecified atom stereocenters. The fraction of sp³-hybridized carbons (Fsp3) is 0.857. The summed E-state index contributed by atoms with van der Waals surface area (Å²) in [5.41, 5.74) is 0.612. The molecule has 0 rings (SSSR count). The fourth-order valence-electron chi connectivity index (χ4n) is 2.64. The molecule has 0 aromatic heterocycles. The van der Waals surface area contributed by atoms with Crippen molar-refractivity contribution >= 4 is 0 Å². The molecule has 0 heterocycles. The van der Waals surface area contributed by atoms with Gasteiger partial charge in [0.25, 0.3) is 0 Å². The van der Waals surface area contributed by atoms with Gasteiger partial charge in [-0.2, -0.15) is 0 Å². The fourth-order valence-corrected chi connectivity index (χ4v) is 2.64. The molecule has 0 saturated heterocycles. The zero-order valence-electron chi connectivity index (χ0n) is 11.0. The molecule has 0 N–H and O–H groups in total. The van der Waals surface area contributed by atoms with E-state index in [4.69, 9.17) is 0 Å². The molecule has 84 valence electrons. The minimum absolute atomic E-state index is 0.295. The Bertz CT molecular complexity index is 171. The van der Waals surface area contributed by atoms with Gasteiger partial charge in [0, 0.05) is 0 Å². The summed E-state index contributed by atoms with van der Waals surface area (Å²) in [7, 11) is 0. The Morgan fingerprint density at radius 1 is 1.21 bits per heavy atom. The standard InChI is InChI=1S/C14H28/c1-8-10-11-14(9-2,12(3)4)13(5,6)7/h9,12H,2,8,10-11H2,1,3-7H3. The SMILES string of the molecule is C=CC(CCCC)(C(C)C)C(C)(C)C. The molecule has 0 aromatic rings. The van der Waals surface area contributed by atoms with Gasteiger partial charge in [0.1, 0.15) is 0 Å². The lowest BCUT2D eigenvalue weighted by Crippen LogP contribution is -2.38. The predicted octanol–water partition coefficient (Wildman–Crippen LogP) is 5.05. The molecule has 0 fully saturated rings. The molecule has 0 spiro atoms. The number of rotatable bonds is 5. The molecule has 14 heavy (non-hydrogen) atoms. The van der Waals surface area contributed by atoms with E-state index < -0.39 is 0 Å². The first kappa shape index (κ1) is 13.7. The van der Waals surface area contributed by atoms with Gasteiger partial charge in [-0.3, -0.25) is 0 Å². The average molecular weight is 196 g/mol. The average Bonchev–Trinajstić information content (AvgIpc) is 2.03. The highest BCUT2D eigenvalue weighted by molar-refractivity contribution is 5.04. The van der Waals surface area contributed by atoms with Crippen molar-refractivity contribution in [2.45, 2.75) is 60.8 Å². The van der Waals surface area contributed by atoms with Crippen LogP contribution in [0.5, 0.6) is 0 Å². The molecule has 0 aliphatic carbocycles. The van der Waals surface area contributed by atoms with Crippen LogP contribution in [0.15, 0.2) is 12.7 Å². The Hall–Kier alpha value is -0.260. The molecular formula is C14H28. The highest BCUT2D eigenvalue weighted by Gasteiger charge is 2.40. The summed E-state index contributed by atoms with van der Waals surface area (Å²) in [6.07, 6.45) is 6.06. The Morgan fingerprint density at radius 2 is 1.71 bits per heavy atom. The normalized spacial score (nSPS) is 16.8. The second-order valence-electron chi connectivity index (χ2n) is 5.75. The zero-order chi connectivity index (χ0) is 11.4. The smallest absolute Gasteiger partial charge is 0.00494 e. The van der Waals surface area contributed by atoms with Gasteiger partial charge in [0.15, 0.2) is 0 Å². The van der Waals surface area contributed by atoms with Crippen LogP contribution < -0.4 is 0 Å². The van der Waals surface area contributed by atoms with Gasteiger partial charge in [-0.1, -0.05) is 60.5 Å². The maximum absolute atomic E-state index is 4.07. The second-order valence-corrected chi connectivity index (χ2v) is 5.75. The summed E-state index contributed by atoms with van der Waals surface area (Å²) in [6, 6.07) is 0. The molecule has 0 saturated carbocycles. The van der Waals surface area contributed by atoms with Crippen molar-refractivity contribution < 1.29 is 0 Å². The van der Waals surface area contributed by atoms with Gasteiger partial charge in [0.05, 0.1) is 0 Å². The van der Waals surface area contributed by atoms with Crippen LogP contribution in [0.4, 0.5) is 0 Å². The third-order valence-electron chi connectivity index (χ3n) is 3.73. The van der Waals surface area contributed by atoms with Gasteiger partial charge in [-0.15, -0.1) is 6.58 Å². The van der Waals surface area contributed by atoms with Crippen LogP contribution in [0.2, 0.25) is 0 Å². The first-order valence-electron chi connectivity index (χ1n) is 5.95. The van der Waals surface area contributed by atoms with Crippen LogP contribution in [-0.4, -0.2) is 0 Å². The molecule has 0 aliphatic rings. The summed E-state index contributed by atoms with van der Waals surface area (Å²) < 4.78 is 0. The van der Waals surface area contributed by atoms with E-state index >= 15 is 0 Å². The maximum Gasteiger partial charge on any atom is -0.00494 e. The van der Waals surface area contributed by atoms with Crippen molar-refractivity contribution in [3.05, 3.63) is 12.7 Å². The molecule has 0 heteroatoms. The molecular weight excluding hydrogens is 168 g/mol. The van der Waals surface area contributed by atoms with E-state index in [0.29, 0.717) is 16.7 Å². The number of allylic oxidation sites excluding steroid dienone is 1. The first-order chi connectivity index (χ1) is 6.31. The Labute approximate surface area is 90.8 Å². The van der Waals surface area contributed by atoms with Gasteiger partial charge < -0.3 is 0 Å². The molecule has 0 nitrogen and oxygen atoms in total. The van der Waals surface area contributed by atoms with Crippen LogP contribution in [0.3, 0.4) is 0 Å². The van der Waals surface area contributed by atoms with Gasteiger partial charge in [0.2, 0.25) is 0 Å². The van der Waals surface area contributed by atoms with Gasteiger partial charge in [-0.05, 0) is 23.2 Å². The minimum atomic E-state index is 0.295. The molecule has 0 bridgehead atoms.